The van der Waals surface area contributed by atoms with Crippen molar-refractivity contribution in [2.75, 3.05) is 13.1 Å². The molecule has 15 nitrogen and oxygen atoms in total. The number of nitrogens with two attached hydrogens (primary N) is 2. The van der Waals surface area contributed by atoms with E-state index in [1.807, 2.05) is 12.1 Å². The maximum atomic E-state index is 13.9. The highest BCUT2D eigenvalue weighted by Crippen LogP contribution is 2.23. The van der Waals surface area contributed by atoms with E-state index in [2.05, 4.69) is 52.5 Å². The van der Waals surface area contributed by atoms with Crippen molar-refractivity contribution in [2.24, 2.45) is 11.5 Å². The van der Waals surface area contributed by atoms with Gasteiger partial charge in [0.05, 0.1) is 12.4 Å². The molecule has 0 aromatic heterocycles. The molecule has 1 saturated heterocycles. The fraction of sp³-hybridized carbons (Fsp3) is 0.514. The van der Waals surface area contributed by atoms with Crippen LogP contribution in [0.4, 0.5) is 0 Å². The Morgan fingerprint density at radius 3 is 2.08 bits per heavy atom. The summed E-state index contributed by atoms with van der Waals surface area (Å²) < 4.78 is 0. The van der Waals surface area contributed by atoms with Crippen molar-refractivity contribution in [3.8, 4) is 11.1 Å². The minimum atomic E-state index is -1.89. The minimum Gasteiger partial charge on any atom is -0.426 e. The first kappa shape index (κ1) is 42.6. The van der Waals surface area contributed by atoms with E-state index in [-0.39, 0.29) is 6.54 Å². The molecule has 1 fully saturated rings. The van der Waals surface area contributed by atoms with Gasteiger partial charge in [-0.05, 0) is 94.2 Å². The molecule has 0 saturated carbocycles. The number of rotatable bonds is 20. The Morgan fingerprint density at radius 1 is 0.849 bits per heavy atom. The number of carbonyl (C=O) groups is 6. The zero-order chi connectivity index (χ0) is 39.1. The fourth-order valence-electron chi connectivity index (χ4n) is 6.04. The van der Waals surface area contributed by atoms with Gasteiger partial charge in [0.25, 0.3) is 5.91 Å². The Labute approximate surface area is 311 Å². The van der Waals surface area contributed by atoms with Crippen molar-refractivity contribution in [1.29, 1.82) is 0 Å². The molecule has 1 heterocycles. The van der Waals surface area contributed by atoms with Crippen LogP contribution >= 0.6 is 0 Å². The van der Waals surface area contributed by atoms with E-state index in [1.165, 1.54) is 24.3 Å². The molecule has 288 valence electrons. The summed E-state index contributed by atoms with van der Waals surface area (Å²) in [6.07, 6.45) is 5.07. The fourth-order valence-corrected chi connectivity index (χ4v) is 6.04. The Kier molecular flexibility index (Phi) is 16.9. The molecule has 1 aliphatic rings. The van der Waals surface area contributed by atoms with E-state index in [0.717, 1.165) is 30.4 Å². The zero-order valence-corrected chi connectivity index (χ0v) is 30.8. The van der Waals surface area contributed by atoms with Gasteiger partial charge in [0.1, 0.15) is 24.2 Å². The van der Waals surface area contributed by atoms with Gasteiger partial charge in [0.2, 0.25) is 29.5 Å². The number of likely N-dealkylation sites (tertiary alicyclic amines) is 1. The summed E-state index contributed by atoms with van der Waals surface area (Å²) in [6, 6.07) is 11.0. The molecule has 1 aliphatic heterocycles. The highest BCUT2D eigenvalue weighted by molar-refractivity contribution is 6.43. The average Bonchev–Trinajstić information content (AvgIpc) is 3.63. The number of primary amides is 1. The standard InChI is InChI=1S/C37H54BN7O8/c1-4-5-9-25-12-14-26(15-13-25)27-16-18-28(19-17-27)34(48)43-29(10-6-7-20-39)37(51)45-21-8-11-31(45)36(50)41-23(2)33(47)44-30(22-32(40)46)35(49)42-24(3)38(52)53/h12-19,23-24,29-31,52-53H,4-11,20-22,39H2,1-3H3,(H2,40,46)(H,41,50)(H,42,49)(H,43,48)(H,44,47)/t23-,24-,29-,30-,31-/m0/s1. The Balaban J connectivity index is 1.67. The topological polar surface area (TPSA) is 246 Å². The molecule has 0 radical (unpaired) electrons. The molecule has 0 spiro atoms. The minimum absolute atomic E-state index is 0.266. The van der Waals surface area contributed by atoms with E-state index in [9.17, 15) is 38.8 Å². The molecule has 2 aromatic rings. The molecule has 0 aliphatic carbocycles. The van der Waals surface area contributed by atoms with E-state index in [4.69, 9.17) is 11.5 Å². The molecular weight excluding hydrogens is 681 g/mol. The molecule has 6 amide bonds. The second-order valence-corrected chi connectivity index (χ2v) is 13.6. The monoisotopic (exact) mass is 735 g/mol. The maximum absolute atomic E-state index is 13.9. The molecule has 5 atom stereocenters. The normalized spacial score (nSPS) is 16.1. The summed E-state index contributed by atoms with van der Waals surface area (Å²) in [5.41, 5.74) is 14.6. The maximum Gasteiger partial charge on any atom is 0.475 e. The molecule has 53 heavy (non-hydrogen) atoms. The number of carbonyl (C=O) groups excluding carboxylic acids is 6. The Hall–Kier alpha value is -4.80. The summed E-state index contributed by atoms with van der Waals surface area (Å²) in [4.78, 5) is 79.4. The van der Waals surface area contributed by atoms with Crippen molar-refractivity contribution in [3.05, 3.63) is 59.7 Å². The summed E-state index contributed by atoms with van der Waals surface area (Å²) >= 11 is 0. The molecule has 0 bridgehead atoms. The molecule has 16 heteroatoms. The zero-order valence-electron chi connectivity index (χ0n) is 30.8. The van der Waals surface area contributed by atoms with Crippen molar-refractivity contribution in [3.63, 3.8) is 0 Å². The van der Waals surface area contributed by atoms with Crippen LogP contribution in [0.2, 0.25) is 0 Å². The van der Waals surface area contributed by atoms with Crippen molar-refractivity contribution < 1.29 is 38.8 Å². The highest BCUT2D eigenvalue weighted by Gasteiger charge is 2.39. The van der Waals surface area contributed by atoms with Crippen LogP contribution in [0.25, 0.3) is 11.1 Å². The van der Waals surface area contributed by atoms with Crippen molar-refractivity contribution in [1.82, 2.24) is 26.2 Å². The van der Waals surface area contributed by atoms with Crippen LogP contribution in [0.5, 0.6) is 0 Å². The predicted molar refractivity (Wildman–Crippen MR) is 201 cm³/mol. The van der Waals surface area contributed by atoms with Crippen LogP contribution in [-0.4, -0.2) is 101 Å². The number of hydrogen-bond acceptors (Lipinski definition) is 9. The van der Waals surface area contributed by atoms with Crippen LogP contribution in [0, 0.1) is 0 Å². The summed E-state index contributed by atoms with van der Waals surface area (Å²) in [6.45, 7) is 5.52. The second-order valence-electron chi connectivity index (χ2n) is 13.6. The van der Waals surface area contributed by atoms with E-state index in [1.54, 1.807) is 12.1 Å². The lowest BCUT2D eigenvalue weighted by atomic mass is 9.81. The smallest absolute Gasteiger partial charge is 0.426 e. The van der Waals surface area contributed by atoms with Gasteiger partial charge in [-0.15, -0.1) is 0 Å². The van der Waals surface area contributed by atoms with E-state index in [0.29, 0.717) is 44.2 Å². The SMILES string of the molecule is CCCCc1ccc(-c2ccc(C(=O)N[C@@H](CCCCN)C(=O)N3CCC[C@H]3C(=O)N[C@@H](C)C(=O)N[C@@H](CC(N)=O)C(=O)N[C@@H](C)B(O)O)cc2)cc1. The third-order valence-electron chi connectivity index (χ3n) is 9.25. The lowest BCUT2D eigenvalue weighted by Gasteiger charge is -2.29. The number of aryl methyl sites for hydroxylation is 1. The van der Waals surface area contributed by atoms with E-state index < -0.39 is 79.1 Å². The lowest BCUT2D eigenvalue weighted by Crippen LogP contribution is -2.58. The first-order valence-corrected chi connectivity index (χ1v) is 18.3. The number of nitrogens with one attached hydrogen (secondary N) is 4. The number of hydrogen-bond donors (Lipinski definition) is 8. The van der Waals surface area contributed by atoms with Gasteiger partial charge in [0.15, 0.2) is 0 Å². The van der Waals surface area contributed by atoms with Crippen molar-refractivity contribution >= 4 is 42.6 Å². The number of benzene rings is 2. The quantitative estimate of drug-likeness (QED) is 0.0687. The number of nitrogens with zero attached hydrogens (tertiary/aromatic N) is 1. The average molecular weight is 736 g/mol. The van der Waals surface area contributed by atoms with Gasteiger partial charge < -0.3 is 47.7 Å². The molecule has 10 N–H and O–H groups in total. The second kappa shape index (κ2) is 21.0. The van der Waals surface area contributed by atoms with E-state index >= 15 is 0 Å². The lowest BCUT2D eigenvalue weighted by molar-refractivity contribution is -0.141. The van der Waals surface area contributed by atoms with Crippen LogP contribution in [-0.2, 0) is 30.4 Å². The van der Waals surface area contributed by atoms with Gasteiger partial charge in [-0.1, -0.05) is 49.7 Å². The highest BCUT2D eigenvalue weighted by atomic mass is 16.4. The van der Waals surface area contributed by atoms with Gasteiger partial charge in [-0.2, -0.15) is 0 Å². The molecule has 2 aromatic carbocycles. The molecule has 3 rings (SSSR count). The third-order valence-corrected chi connectivity index (χ3v) is 9.25. The first-order valence-electron chi connectivity index (χ1n) is 18.3. The van der Waals surface area contributed by atoms with Crippen molar-refractivity contribution in [2.45, 2.75) is 109 Å². The first-order chi connectivity index (χ1) is 25.2. The summed E-state index contributed by atoms with van der Waals surface area (Å²) in [5, 5.41) is 28.6. The predicted octanol–water partition coefficient (Wildman–Crippen LogP) is 0.296. The number of unbranched alkanes of at least 4 members (excludes halogenated alkanes) is 2. The number of amides is 6. The molecular formula is C37H54BN7O8. The van der Waals surface area contributed by atoms with Crippen LogP contribution in [0.3, 0.4) is 0 Å². The Bertz CT molecular complexity index is 1560. The Morgan fingerprint density at radius 2 is 1.49 bits per heavy atom. The molecule has 0 unspecified atom stereocenters. The van der Waals surface area contributed by atoms with Crippen LogP contribution in [0.1, 0.15) is 88.1 Å². The van der Waals surface area contributed by atoms with Gasteiger partial charge >= 0.3 is 7.12 Å². The van der Waals surface area contributed by atoms with Gasteiger partial charge in [0, 0.05) is 12.1 Å². The van der Waals surface area contributed by atoms with Gasteiger partial charge in [-0.3, -0.25) is 28.8 Å². The summed E-state index contributed by atoms with van der Waals surface area (Å²) in [5.74, 6) is -5.15. The van der Waals surface area contributed by atoms with Crippen LogP contribution in [0.15, 0.2) is 48.5 Å². The van der Waals surface area contributed by atoms with Gasteiger partial charge in [-0.25, -0.2) is 0 Å². The summed E-state index contributed by atoms with van der Waals surface area (Å²) in [7, 11) is -1.89. The third kappa shape index (κ3) is 13.0. The largest absolute Gasteiger partial charge is 0.475 e. The van der Waals surface area contributed by atoms with Crippen LogP contribution < -0.4 is 32.7 Å².